The Morgan fingerprint density at radius 1 is 1.15 bits per heavy atom. The summed E-state index contributed by atoms with van der Waals surface area (Å²) in [5, 5.41) is 5.53. The molecule has 0 spiro atoms. The molecule has 3 rings (SSSR count). The van der Waals surface area contributed by atoms with Gasteiger partial charge in [0, 0.05) is 41.9 Å². The van der Waals surface area contributed by atoms with Crippen molar-refractivity contribution in [3.63, 3.8) is 0 Å². The predicted octanol–water partition coefficient (Wildman–Crippen LogP) is 6.10. The summed E-state index contributed by atoms with van der Waals surface area (Å²) in [6.45, 7) is 16.0. The first-order valence-electron chi connectivity index (χ1n) is 9.56. The van der Waals surface area contributed by atoms with Crippen LogP contribution in [0, 0.1) is 13.8 Å². The molecule has 27 heavy (non-hydrogen) atoms. The Hall–Kier alpha value is -2.81. The van der Waals surface area contributed by atoms with Crippen LogP contribution < -0.4 is 10.7 Å². The van der Waals surface area contributed by atoms with Gasteiger partial charge in [-0.3, -0.25) is 4.99 Å². The van der Waals surface area contributed by atoms with Gasteiger partial charge in [-0.1, -0.05) is 18.7 Å². The lowest BCUT2D eigenvalue weighted by atomic mass is 9.92. The molecule has 3 nitrogen and oxygen atoms in total. The summed E-state index contributed by atoms with van der Waals surface area (Å²) < 4.78 is 6.35. The largest absolute Gasteiger partial charge is 0.456 e. The standard InChI is InChI=1S/C24H28N2O/c1-7-10-15(4)24-18-11-16(5)20(25-8-2)13-22(18)27-23-14-21(26-9-3)17(6)12-19(23)24/h7,10-14,25H,1,8-9H2,2-6H3/b15-10+,26-21-. The topological polar surface area (TPSA) is 37.5 Å². The van der Waals surface area contributed by atoms with E-state index in [1.165, 1.54) is 16.7 Å². The smallest absolute Gasteiger partial charge is 0.137 e. The van der Waals surface area contributed by atoms with Crippen molar-refractivity contribution >= 4 is 22.2 Å². The van der Waals surface area contributed by atoms with Gasteiger partial charge in [0.15, 0.2) is 0 Å². The number of nitrogens with one attached hydrogen (secondary N) is 1. The molecular formula is C24H28N2O. The number of fused-ring (bicyclic) bond motifs is 2. The summed E-state index contributed by atoms with van der Waals surface area (Å²) in [7, 11) is 0. The molecule has 0 fully saturated rings. The number of benzene rings is 2. The van der Waals surface area contributed by atoms with Gasteiger partial charge in [0.1, 0.15) is 11.3 Å². The average Bonchev–Trinajstić information content (AvgIpc) is 2.62. The number of hydrogen-bond donors (Lipinski definition) is 1. The lowest BCUT2D eigenvalue weighted by Crippen LogP contribution is -2.09. The molecule has 1 N–H and O–H groups in total. The summed E-state index contributed by atoms with van der Waals surface area (Å²) in [6, 6.07) is 8.57. The van der Waals surface area contributed by atoms with Crippen LogP contribution in [0.2, 0.25) is 0 Å². The molecule has 1 aliphatic heterocycles. The summed E-state index contributed by atoms with van der Waals surface area (Å²) in [4.78, 5) is 4.61. The molecule has 0 bridgehead atoms. The van der Waals surface area contributed by atoms with E-state index in [2.05, 4.69) is 81.8 Å². The van der Waals surface area contributed by atoms with E-state index in [1.54, 1.807) is 0 Å². The zero-order valence-corrected chi connectivity index (χ0v) is 16.9. The molecule has 0 atom stereocenters. The third-order valence-corrected chi connectivity index (χ3v) is 4.84. The van der Waals surface area contributed by atoms with E-state index < -0.39 is 0 Å². The van der Waals surface area contributed by atoms with Crippen molar-refractivity contribution in [3.8, 4) is 11.3 Å². The molecule has 0 saturated carbocycles. The zero-order chi connectivity index (χ0) is 19.6. The van der Waals surface area contributed by atoms with Gasteiger partial charge in [-0.2, -0.15) is 0 Å². The average molecular weight is 361 g/mol. The fraction of sp³-hybridized carbons (Fsp3) is 0.292. The van der Waals surface area contributed by atoms with Crippen molar-refractivity contribution in [3.05, 3.63) is 65.0 Å². The minimum Gasteiger partial charge on any atom is -0.456 e. The number of nitrogens with zero attached hydrogens (tertiary/aromatic N) is 1. The Bertz CT molecular complexity index is 1070. The van der Waals surface area contributed by atoms with E-state index in [0.717, 1.165) is 52.0 Å². The lowest BCUT2D eigenvalue weighted by molar-refractivity contribution is 0.617. The Labute approximate surface area is 161 Å². The highest BCUT2D eigenvalue weighted by molar-refractivity contribution is 5.99. The molecule has 1 aromatic rings. The number of rotatable bonds is 5. The molecule has 1 aliphatic carbocycles. The molecule has 0 aromatic heterocycles. The molecule has 0 unspecified atom stereocenters. The van der Waals surface area contributed by atoms with E-state index in [0.29, 0.717) is 0 Å². The van der Waals surface area contributed by atoms with Crippen molar-refractivity contribution < 1.29 is 4.42 Å². The summed E-state index contributed by atoms with van der Waals surface area (Å²) >= 11 is 0. The van der Waals surface area contributed by atoms with Crippen molar-refractivity contribution in [1.29, 1.82) is 0 Å². The van der Waals surface area contributed by atoms with Crippen LogP contribution in [-0.2, 0) is 0 Å². The van der Waals surface area contributed by atoms with Gasteiger partial charge in [0.2, 0.25) is 0 Å². The maximum Gasteiger partial charge on any atom is 0.137 e. The molecule has 3 heteroatoms. The maximum atomic E-state index is 6.35. The van der Waals surface area contributed by atoms with Crippen LogP contribution in [0.3, 0.4) is 0 Å². The first-order chi connectivity index (χ1) is 13.0. The number of allylic oxidation sites excluding steroid dienone is 3. The second kappa shape index (κ2) is 7.83. The first kappa shape index (κ1) is 19.0. The van der Waals surface area contributed by atoms with E-state index >= 15 is 0 Å². The Morgan fingerprint density at radius 2 is 1.93 bits per heavy atom. The minimum absolute atomic E-state index is 0.756. The number of aryl methyl sites for hydroxylation is 2. The van der Waals surface area contributed by atoms with E-state index in [4.69, 9.17) is 4.42 Å². The summed E-state index contributed by atoms with van der Waals surface area (Å²) in [5.74, 6) is 0.860. The fourth-order valence-corrected chi connectivity index (χ4v) is 3.60. The normalized spacial score (nSPS) is 12.8. The van der Waals surface area contributed by atoms with Gasteiger partial charge in [-0.05, 0) is 69.0 Å². The Balaban J connectivity index is 2.48. The Kier molecular flexibility index (Phi) is 5.50. The van der Waals surface area contributed by atoms with Gasteiger partial charge < -0.3 is 9.73 Å². The van der Waals surface area contributed by atoms with Gasteiger partial charge in [0.05, 0.1) is 5.36 Å². The molecule has 0 saturated heterocycles. The van der Waals surface area contributed by atoms with E-state index in [-0.39, 0.29) is 0 Å². The number of hydrogen-bond acceptors (Lipinski definition) is 3. The van der Waals surface area contributed by atoms with Crippen molar-refractivity contribution in [2.24, 2.45) is 4.99 Å². The molecule has 140 valence electrons. The molecule has 0 amide bonds. The summed E-state index contributed by atoms with van der Waals surface area (Å²) in [5.41, 5.74) is 7.83. The van der Waals surface area contributed by atoms with Crippen molar-refractivity contribution in [2.75, 3.05) is 18.4 Å². The molecular weight excluding hydrogens is 332 g/mol. The second-order valence-electron chi connectivity index (χ2n) is 6.87. The third-order valence-electron chi connectivity index (χ3n) is 4.84. The first-order valence-corrected chi connectivity index (χ1v) is 9.56. The lowest BCUT2D eigenvalue weighted by Gasteiger charge is -2.18. The molecule has 2 aliphatic rings. The zero-order valence-electron chi connectivity index (χ0n) is 16.9. The van der Waals surface area contributed by atoms with E-state index in [1.807, 2.05) is 6.08 Å². The minimum atomic E-state index is 0.756. The highest BCUT2D eigenvalue weighted by atomic mass is 16.3. The molecule has 1 heterocycles. The van der Waals surface area contributed by atoms with Gasteiger partial charge >= 0.3 is 0 Å². The van der Waals surface area contributed by atoms with Crippen LogP contribution in [0.25, 0.3) is 27.9 Å². The predicted molar refractivity (Wildman–Crippen MR) is 116 cm³/mol. The van der Waals surface area contributed by atoms with Crippen LogP contribution in [0.5, 0.6) is 0 Å². The number of anilines is 1. The van der Waals surface area contributed by atoms with Crippen LogP contribution >= 0.6 is 0 Å². The highest BCUT2D eigenvalue weighted by Crippen LogP contribution is 2.39. The van der Waals surface area contributed by atoms with Gasteiger partial charge in [-0.25, -0.2) is 0 Å². The van der Waals surface area contributed by atoms with Gasteiger partial charge in [0.25, 0.3) is 0 Å². The Morgan fingerprint density at radius 3 is 2.59 bits per heavy atom. The fourth-order valence-electron chi connectivity index (χ4n) is 3.60. The maximum absolute atomic E-state index is 6.35. The van der Waals surface area contributed by atoms with Crippen molar-refractivity contribution in [1.82, 2.24) is 0 Å². The second-order valence-corrected chi connectivity index (χ2v) is 6.87. The van der Waals surface area contributed by atoms with Crippen molar-refractivity contribution in [2.45, 2.75) is 34.6 Å². The van der Waals surface area contributed by atoms with E-state index in [9.17, 15) is 0 Å². The third kappa shape index (κ3) is 3.55. The quantitative estimate of drug-likeness (QED) is 0.441. The van der Waals surface area contributed by atoms with Crippen LogP contribution in [0.15, 0.2) is 52.4 Å². The molecule has 1 aromatic carbocycles. The summed E-state index contributed by atoms with van der Waals surface area (Å²) in [6.07, 6.45) is 3.89. The van der Waals surface area contributed by atoms with Crippen LogP contribution in [0.4, 0.5) is 5.69 Å². The SMILES string of the molecule is C=C/C=C(\C)c1c2cc(C)/c(=N\CC)cc-2oc2cc(NCC)c(C)cc12. The monoisotopic (exact) mass is 360 g/mol. The van der Waals surface area contributed by atoms with Gasteiger partial charge in [-0.15, -0.1) is 0 Å². The highest BCUT2D eigenvalue weighted by Gasteiger charge is 2.18. The molecule has 0 radical (unpaired) electrons. The van der Waals surface area contributed by atoms with Crippen LogP contribution in [0.1, 0.15) is 37.5 Å². The van der Waals surface area contributed by atoms with Crippen LogP contribution in [-0.4, -0.2) is 13.1 Å².